The Balaban J connectivity index is 1.37. The van der Waals surface area contributed by atoms with Gasteiger partial charge >= 0.3 is 5.97 Å². The largest absolute Gasteiger partial charge is 0.460 e. The van der Waals surface area contributed by atoms with Crippen molar-refractivity contribution in [2.45, 2.75) is 51.7 Å². The third-order valence-electron chi connectivity index (χ3n) is 6.84. The molecule has 0 aliphatic carbocycles. The molecule has 0 aliphatic rings. The van der Waals surface area contributed by atoms with Crippen molar-refractivity contribution in [1.82, 2.24) is 14.9 Å². The summed E-state index contributed by atoms with van der Waals surface area (Å²) in [4.78, 5) is 29.1. The molecule has 5 rings (SSSR count). The second-order valence-electron chi connectivity index (χ2n) is 11.2. The third kappa shape index (κ3) is 7.16. The van der Waals surface area contributed by atoms with Crippen molar-refractivity contribution in [3.8, 4) is 5.69 Å². The van der Waals surface area contributed by atoms with Gasteiger partial charge in [-0.05, 0) is 80.3 Å². The van der Waals surface area contributed by atoms with Crippen LogP contribution in [0.5, 0.6) is 0 Å². The van der Waals surface area contributed by atoms with Gasteiger partial charge in [-0.15, -0.1) is 0 Å². The molecule has 6 nitrogen and oxygen atoms in total. The van der Waals surface area contributed by atoms with Crippen LogP contribution in [0, 0.1) is 0 Å². The van der Waals surface area contributed by atoms with E-state index in [9.17, 15) is 9.59 Å². The Bertz CT molecular complexity index is 1650. The number of aromatic amines is 1. The molecule has 0 aliphatic heterocycles. The predicted octanol–water partition coefficient (Wildman–Crippen LogP) is 7.44. The minimum atomic E-state index is -0.506. The highest BCUT2D eigenvalue weighted by Crippen LogP contribution is 2.30. The first-order valence-electron chi connectivity index (χ1n) is 13.7. The van der Waals surface area contributed by atoms with E-state index in [1.807, 2.05) is 106 Å². The number of carbonyl (C=O) groups is 2. The van der Waals surface area contributed by atoms with Gasteiger partial charge in [0.15, 0.2) is 0 Å². The van der Waals surface area contributed by atoms with Crippen LogP contribution in [0.3, 0.4) is 0 Å². The molecule has 1 unspecified atom stereocenters. The highest BCUT2D eigenvalue weighted by atomic mass is 79.9. The van der Waals surface area contributed by atoms with E-state index in [-0.39, 0.29) is 24.3 Å². The van der Waals surface area contributed by atoms with Crippen molar-refractivity contribution in [2.75, 3.05) is 0 Å². The average Bonchev–Trinajstić information content (AvgIpc) is 3.61. The van der Waals surface area contributed by atoms with Gasteiger partial charge in [0.25, 0.3) is 0 Å². The Hall–Kier alpha value is -4.10. The summed E-state index contributed by atoms with van der Waals surface area (Å²) in [5.41, 5.74) is 5.39. The quantitative estimate of drug-likeness (QED) is 0.170. The molecule has 1 amide bonds. The lowest BCUT2D eigenvalue weighted by atomic mass is 9.96. The van der Waals surface area contributed by atoms with E-state index in [1.165, 1.54) is 0 Å². The van der Waals surface area contributed by atoms with Gasteiger partial charge in [0.05, 0.1) is 18.2 Å². The molecule has 0 saturated heterocycles. The van der Waals surface area contributed by atoms with Crippen LogP contribution >= 0.6 is 15.9 Å². The van der Waals surface area contributed by atoms with Crippen molar-refractivity contribution < 1.29 is 14.3 Å². The number of hydrogen-bond acceptors (Lipinski definition) is 3. The molecule has 0 spiro atoms. The molecule has 0 fully saturated rings. The molecular formula is C34H34BrN3O3. The van der Waals surface area contributed by atoms with Crippen molar-refractivity contribution in [1.29, 1.82) is 0 Å². The second-order valence-corrected chi connectivity index (χ2v) is 12.1. The zero-order valence-electron chi connectivity index (χ0n) is 23.5. The average molecular weight is 613 g/mol. The molecule has 2 N–H and O–H groups in total. The number of carbonyl (C=O) groups excluding carboxylic acids is 2. The van der Waals surface area contributed by atoms with Gasteiger partial charge in [-0.25, -0.2) is 0 Å². The highest BCUT2D eigenvalue weighted by Gasteiger charge is 2.22. The van der Waals surface area contributed by atoms with Crippen LogP contribution in [-0.4, -0.2) is 27.0 Å². The minimum absolute atomic E-state index is 0.0783. The van der Waals surface area contributed by atoms with Crippen LogP contribution in [0.25, 0.3) is 16.6 Å². The Kier molecular flexibility index (Phi) is 8.45. The van der Waals surface area contributed by atoms with Gasteiger partial charge in [0.2, 0.25) is 5.91 Å². The van der Waals surface area contributed by atoms with Crippen LogP contribution in [0.2, 0.25) is 0 Å². The summed E-state index contributed by atoms with van der Waals surface area (Å²) < 4.78 is 8.49. The number of nitrogens with one attached hydrogen (secondary N) is 2. The normalized spacial score (nSPS) is 12.3. The molecule has 0 bridgehead atoms. The molecule has 2 heterocycles. The van der Waals surface area contributed by atoms with Crippen LogP contribution < -0.4 is 5.32 Å². The highest BCUT2D eigenvalue weighted by molar-refractivity contribution is 9.10. The van der Waals surface area contributed by atoms with E-state index in [1.54, 1.807) is 0 Å². The fourth-order valence-electron chi connectivity index (χ4n) is 5.03. The standard InChI is InChI=1S/C34H34BrN3O3/c1-34(2,3)41-32(40)16-12-25-22-36-29-15-11-23(19-28(25)29)20-31(39)37-33(24-9-5-4-6-10-24)27-14-13-26(35)21-30(27)38-17-7-8-18-38/h4-11,13-15,17-19,21-22,33,36H,12,16,20H2,1-3H3,(H,37,39). The van der Waals surface area contributed by atoms with Crippen molar-refractivity contribution in [2.24, 2.45) is 0 Å². The lowest BCUT2D eigenvalue weighted by Gasteiger charge is -2.23. The van der Waals surface area contributed by atoms with E-state index in [0.29, 0.717) is 12.8 Å². The van der Waals surface area contributed by atoms with Crippen LogP contribution in [0.1, 0.15) is 55.5 Å². The molecule has 0 saturated carbocycles. The van der Waals surface area contributed by atoms with Crippen molar-refractivity contribution in [3.63, 3.8) is 0 Å². The molecule has 0 radical (unpaired) electrons. The second kappa shape index (κ2) is 12.2. The van der Waals surface area contributed by atoms with E-state index in [2.05, 4.69) is 42.9 Å². The fraction of sp³-hybridized carbons (Fsp3) is 0.235. The lowest BCUT2D eigenvalue weighted by molar-refractivity contribution is -0.154. The maximum absolute atomic E-state index is 13.5. The molecule has 3 aromatic carbocycles. The third-order valence-corrected chi connectivity index (χ3v) is 7.33. The maximum Gasteiger partial charge on any atom is 0.306 e. The first-order valence-corrected chi connectivity index (χ1v) is 14.5. The lowest BCUT2D eigenvalue weighted by Crippen LogP contribution is -2.31. The van der Waals surface area contributed by atoms with Crippen LogP contribution in [0.4, 0.5) is 0 Å². The van der Waals surface area contributed by atoms with Crippen molar-refractivity contribution in [3.05, 3.63) is 124 Å². The van der Waals surface area contributed by atoms with Gasteiger partial charge in [-0.3, -0.25) is 9.59 Å². The number of H-pyrrole nitrogens is 1. The fourth-order valence-corrected chi connectivity index (χ4v) is 5.38. The number of aryl methyl sites for hydroxylation is 1. The van der Waals surface area contributed by atoms with E-state index in [0.717, 1.165) is 43.3 Å². The number of amides is 1. The van der Waals surface area contributed by atoms with Crippen molar-refractivity contribution >= 4 is 38.7 Å². The Morgan fingerprint density at radius 1 is 0.976 bits per heavy atom. The summed E-state index contributed by atoms with van der Waals surface area (Å²) >= 11 is 3.61. The number of aromatic nitrogens is 2. The molecule has 210 valence electrons. The number of esters is 1. The minimum Gasteiger partial charge on any atom is -0.460 e. The molecule has 41 heavy (non-hydrogen) atoms. The molecule has 2 aromatic heterocycles. The smallest absolute Gasteiger partial charge is 0.306 e. The summed E-state index contributed by atoms with van der Waals surface area (Å²) in [5, 5.41) is 4.32. The van der Waals surface area contributed by atoms with E-state index < -0.39 is 5.60 Å². The number of benzene rings is 3. The monoisotopic (exact) mass is 611 g/mol. The number of ether oxygens (including phenoxy) is 1. The number of halogens is 1. The number of hydrogen-bond donors (Lipinski definition) is 2. The van der Waals surface area contributed by atoms with Gasteiger partial charge in [-0.1, -0.05) is 58.4 Å². The first kappa shape index (κ1) is 28.4. The summed E-state index contributed by atoms with van der Waals surface area (Å²) in [7, 11) is 0. The number of nitrogens with zero attached hydrogens (tertiary/aromatic N) is 1. The predicted molar refractivity (Wildman–Crippen MR) is 166 cm³/mol. The SMILES string of the molecule is CC(C)(C)OC(=O)CCc1c[nH]c2ccc(CC(=O)NC(c3ccccc3)c3ccc(Br)cc3-n3cccc3)cc12. The van der Waals surface area contributed by atoms with E-state index >= 15 is 0 Å². The van der Waals surface area contributed by atoms with Gasteiger partial charge < -0.3 is 19.6 Å². The van der Waals surface area contributed by atoms with E-state index in [4.69, 9.17) is 4.74 Å². The number of rotatable bonds is 9. The number of fused-ring (bicyclic) bond motifs is 1. The Labute approximate surface area is 248 Å². The molecule has 7 heteroatoms. The summed E-state index contributed by atoms with van der Waals surface area (Å²) in [6.45, 7) is 5.61. The van der Waals surface area contributed by atoms with Gasteiger partial charge in [-0.2, -0.15) is 0 Å². The topological polar surface area (TPSA) is 76.1 Å². The summed E-state index contributed by atoms with van der Waals surface area (Å²) in [6, 6.07) is 25.8. The molecule has 5 aromatic rings. The first-order chi connectivity index (χ1) is 19.7. The van der Waals surface area contributed by atoms with Crippen LogP contribution in [-0.2, 0) is 27.2 Å². The Morgan fingerprint density at radius 2 is 1.73 bits per heavy atom. The summed E-state index contributed by atoms with van der Waals surface area (Å²) in [6.07, 6.45) is 7.02. The maximum atomic E-state index is 13.5. The molecular weight excluding hydrogens is 578 g/mol. The summed E-state index contributed by atoms with van der Waals surface area (Å²) in [5.74, 6) is -0.299. The Morgan fingerprint density at radius 3 is 2.46 bits per heavy atom. The van der Waals surface area contributed by atoms with Gasteiger partial charge in [0.1, 0.15) is 5.60 Å². The zero-order chi connectivity index (χ0) is 29.0. The molecule has 1 atom stereocenters. The van der Waals surface area contributed by atoms with Gasteiger partial charge in [0, 0.05) is 46.0 Å². The zero-order valence-corrected chi connectivity index (χ0v) is 25.1. The van der Waals surface area contributed by atoms with Crippen LogP contribution in [0.15, 0.2) is 102 Å².